The second-order valence-corrected chi connectivity index (χ2v) is 5.22. The van der Waals surface area contributed by atoms with Crippen LogP contribution in [0.5, 0.6) is 5.75 Å². The first-order valence-electron chi connectivity index (χ1n) is 7.37. The van der Waals surface area contributed by atoms with Crippen LogP contribution in [0.4, 0.5) is 0 Å². The Morgan fingerprint density at radius 1 is 1.38 bits per heavy atom. The maximum absolute atomic E-state index is 11.7. The van der Waals surface area contributed by atoms with E-state index in [4.69, 9.17) is 10.5 Å². The van der Waals surface area contributed by atoms with Gasteiger partial charge in [0.1, 0.15) is 5.75 Å². The predicted molar refractivity (Wildman–Crippen MR) is 85.3 cm³/mol. The molecule has 0 aliphatic heterocycles. The summed E-state index contributed by atoms with van der Waals surface area (Å²) >= 11 is 0. The molecule has 0 spiro atoms. The number of nitrogens with one attached hydrogen (secondary N) is 1. The number of hydrogen-bond donors (Lipinski definition) is 2. The van der Waals surface area contributed by atoms with Gasteiger partial charge in [-0.2, -0.15) is 0 Å². The zero-order valence-corrected chi connectivity index (χ0v) is 13.4. The number of benzene rings is 1. The quantitative estimate of drug-likeness (QED) is 0.763. The number of hydrogen-bond acceptors (Lipinski definition) is 4. The molecule has 0 saturated heterocycles. The number of ether oxygens (including phenoxy) is 1. The van der Waals surface area contributed by atoms with Crippen LogP contribution >= 0.6 is 0 Å². The number of carbonyl (C=O) groups excluding carboxylic acids is 1. The van der Waals surface area contributed by atoms with Crippen LogP contribution in [0.25, 0.3) is 0 Å². The molecule has 5 nitrogen and oxygen atoms in total. The van der Waals surface area contributed by atoms with Gasteiger partial charge in [-0.05, 0) is 37.6 Å². The highest BCUT2D eigenvalue weighted by Crippen LogP contribution is 2.25. The van der Waals surface area contributed by atoms with Gasteiger partial charge in [0.2, 0.25) is 5.91 Å². The molecule has 1 amide bonds. The van der Waals surface area contributed by atoms with E-state index in [-0.39, 0.29) is 18.0 Å². The summed E-state index contributed by atoms with van der Waals surface area (Å²) in [5.74, 6) is 0.818. The number of carbonyl (C=O) groups is 1. The minimum absolute atomic E-state index is 0.00242. The minimum Gasteiger partial charge on any atom is -0.497 e. The number of rotatable bonds is 8. The molecule has 1 aromatic rings. The van der Waals surface area contributed by atoms with Crippen LogP contribution in [0.1, 0.15) is 31.9 Å². The van der Waals surface area contributed by atoms with Gasteiger partial charge >= 0.3 is 0 Å². The lowest BCUT2D eigenvalue weighted by molar-refractivity contribution is -0.122. The molecule has 0 heterocycles. The molecule has 0 fully saturated rings. The summed E-state index contributed by atoms with van der Waals surface area (Å²) in [6.07, 6.45) is 0.969. The summed E-state index contributed by atoms with van der Waals surface area (Å²) in [5.41, 5.74) is 7.28. The SMILES string of the molecule is CCCN(CC(=O)NC)C(c1ccc(OC)cc1)C(C)N. The van der Waals surface area contributed by atoms with Crippen molar-refractivity contribution in [2.24, 2.45) is 5.73 Å². The Morgan fingerprint density at radius 2 is 2.00 bits per heavy atom. The average molecular weight is 293 g/mol. The van der Waals surface area contributed by atoms with E-state index in [1.54, 1.807) is 14.2 Å². The lowest BCUT2D eigenvalue weighted by Gasteiger charge is -2.34. The molecule has 0 bridgehead atoms. The highest BCUT2D eigenvalue weighted by atomic mass is 16.5. The second kappa shape index (κ2) is 8.64. The molecule has 2 atom stereocenters. The van der Waals surface area contributed by atoms with Gasteiger partial charge in [0.05, 0.1) is 19.7 Å². The Balaban J connectivity index is 3.01. The topological polar surface area (TPSA) is 67.6 Å². The molecule has 0 aliphatic carbocycles. The van der Waals surface area contributed by atoms with Gasteiger partial charge in [-0.25, -0.2) is 0 Å². The van der Waals surface area contributed by atoms with E-state index in [1.165, 1.54) is 0 Å². The summed E-state index contributed by atoms with van der Waals surface area (Å²) in [4.78, 5) is 13.9. The van der Waals surface area contributed by atoms with Gasteiger partial charge in [-0.15, -0.1) is 0 Å². The highest BCUT2D eigenvalue weighted by Gasteiger charge is 2.25. The summed E-state index contributed by atoms with van der Waals surface area (Å²) < 4.78 is 5.19. The third kappa shape index (κ3) is 5.02. The first kappa shape index (κ1) is 17.5. The molecular weight excluding hydrogens is 266 g/mol. The maximum atomic E-state index is 11.7. The molecule has 5 heteroatoms. The standard InChI is InChI=1S/C16H27N3O2/c1-5-10-19(11-15(20)18-3)16(12(2)17)13-6-8-14(21-4)9-7-13/h6-9,12,16H,5,10-11,17H2,1-4H3,(H,18,20). The van der Waals surface area contributed by atoms with Gasteiger partial charge < -0.3 is 15.8 Å². The fraction of sp³-hybridized carbons (Fsp3) is 0.562. The van der Waals surface area contributed by atoms with Crippen LogP contribution in [0, 0.1) is 0 Å². The number of likely N-dealkylation sites (N-methyl/N-ethyl adjacent to an activating group) is 1. The second-order valence-electron chi connectivity index (χ2n) is 5.22. The zero-order chi connectivity index (χ0) is 15.8. The zero-order valence-electron chi connectivity index (χ0n) is 13.4. The summed E-state index contributed by atoms with van der Waals surface area (Å²) in [6.45, 7) is 5.25. The van der Waals surface area contributed by atoms with Crippen LogP contribution < -0.4 is 15.8 Å². The number of nitrogens with zero attached hydrogens (tertiary/aromatic N) is 1. The first-order valence-corrected chi connectivity index (χ1v) is 7.37. The van der Waals surface area contributed by atoms with E-state index in [0.717, 1.165) is 24.3 Å². The van der Waals surface area contributed by atoms with Crippen LogP contribution in [0.2, 0.25) is 0 Å². The van der Waals surface area contributed by atoms with Crippen molar-refractivity contribution in [2.45, 2.75) is 32.4 Å². The van der Waals surface area contributed by atoms with Crippen molar-refractivity contribution in [1.82, 2.24) is 10.2 Å². The Hall–Kier alpha value is -1.59. The van der Waals surface area contributed by atoms with Crippen molar-refractivity contribution in [2.75, 3.05) is 27.2 Å². The average Bonchev–Trinajstić information content (AvgIpc) is 2.47. The van der Waals surface area contributed by atoms with Gasteiger partial charge in [-0.3, -0.25) is 9.69 Å². The van der Waals surface area contributed by atoms with E-state index in [2.05, 4.69) is 17.1 Å². The van der Waals surface area contributed by atoms with Gasteiger partial charge in [-0.1, -0.05) is 19.1 Å². The molecule has 118 valence electrons. The van der Waals surface area contributed by atoms with Crippen molar-refractivity contribution in [3.8, 4) is 5.75 Å². The third-order valence-electron chi connectivity index (χ3n) is 3.49. The molecule has 0 aromatic heterocycles. The molecule has 1 aromatic carbocycles. The molecule has 0 aliphatic rings. The van der Waals surface area contributed by atoms with Crippen LogP contribution in [0.3, 0.4) is 0 Å². The lowest BCUT2D eigenvalue weighted by Crippen LogP contribution is -2.44. The number of nitrogens with two attached hydrogens (primary N) is 1. The molecule has 21 heavy (non-hydrogen) atoms. The third-order valence-corrected chi connectivity index (χ3v) is 3.49. The first-order chi connectivity index (χ1) is 10.0. The van der Waals surface area contributed by atoms with Crippen molar-refractivity contribution < 1.29 is 9.53 Å². The molecule has 0 radical (unpaired) electrons. The molecule has 1 rings (SSSR count). The smallest absolute Gasteiger partial charge is 0.233 e. The van der Waals surface area contributed by atoms with Crippen LogP contribution in [-0.2, 0) is 4.79 Å². The van der Waals surface area contributed by atoms with E-state index in [1.807, 2.05) is 31.2 Å². The van der Waals surface area contributed by atoms with Crippen molar-refractivity contribution in [3.05, 3.63) is 29.8 Å². The maximum Gasteiger partial charge on any atom is 0.233 e. The number of amides is 1. The minimum atomic E-state index is -0.0744. The predicted octanol–water partition coefficient (Wildman–Crippen LogP) is 1.54. The Kier molecular flexibility index (Phi) is 7.19. The largest absolute Gasteiger partial charge is 0.497 e. The molecule has 0 saturated carbocycles. The van der Waals surface area contributed by atoms with E-state index in [0.29, 0.717) is 6.54 Å². The lowest BCUT2D eigenvalue weighted by atomic mass is 9.98. The Bertz CT molecular complexity index is 432. The highest BCUT2D eigenvalue weighted by molar-refractivity contribution is 5.77. The van der Waals surface area contributed by atoms with Crippen LogP contribution in [-0.4, -0.2) is 44.1 Å². The van der Waals surface area contributed by atoms with Crippen molar-refractivity contribution >= 4 is 5.91 Å². The monoisotopic (exact) mass is 293 g/mol. The Morgan fingerprint density at radius 3 is 2.43 bits per heavy atom. The van der Waals surface area contributed by atoms with Gasteiger partial charge in [0.15, 0.2) is 0 Å². The summed E-state index contributed by atoms with van der Waals surface area (Å²) in [5, 5.41) is 2.68. The van der Waals surface area contributed by atoms with E-state index < -0.39 is 0 Å². The van der Waals surface area contributed by atoms with E-state index in [9.17, 15) is 4.79 Å². The fourth-order valence-corrected chi connectivity index (χ4v) is 2.52. The van der Waals surface area contributed by atoms with Crippen molar-refractivity contribution in [1.29, 1.82) is 0 Å². The van der Waals surface area contributed by atoms with Crippen molar-refractivity contribution in [3.63, 3.8) is 0 Å². The molecule has 2 unspecified atom stereocenters. The molecule has 3 N–H and O–H groups in total. The van der Waals surface area contributed by atoms with Gasteiger partial charge in [0.25, 0.3) is 0 Å². The number of methoxy groups -OCH3 is 1. The Labute approximate surface area is 127 Å². The summed E-state index contributed by atoms with van der Waals surface area (Å²) in [6, 6.07) is 7.81. The normalized spacial score (nSPS) is 13.8. The fourth-order valence-electron chi connectivity index (χ4n) is 2.52. The summed E-state index contributed by atoms with van der Waals surface area (Å²) in [7, 11) is 3.30. The van der Waals surface area contributed by atoms with Gasteiger partial charge in [0, 0.05) is 13.1 Å². The molecular formula is C16H27N3O2. The van der Waals surface area contributed by atoms with Crippen LogP contribution in [0.15, 0.2) is 24.3 Å². The van der Waals surface area contributed by atoms with E-state index >= 15 is 0 Å².